The van der Waals surface area contributed by atoms with Crippen LogP contribution in [-0.2, 0) is 16.1 Å². The SMILES string of the molecule is CC(C(=O)OCc1ccccc1)c1ncc[nH]1. The first-order valence-electron chi connectivity index (χ1n) is 5.47. The molecule has 2 rings (SSSR count). The number of hydrogen-bond acceptors (Lipinski definition) is 3. The molecule has 2 aromatic rings. The van der Waals surface area contributed by atoms with Crippen molar-refractivity contribution >= 4 is 5.97 Å². The molecular weight excluding hydrogens is 216 g/mol. The highest BCUT2D eigenvalue weighted by atomic mass is 16.5. The Bertz CT molecular complexity index is 465. The van der Waals surface area contributed by atoms with Crippen molar-refractivity contribution in [2.24, 2.45) is 0 Å². The summed E-state index contributed by atoms with van der Waals surface area (Å²) in [4.78, 5) is 18.7. The molecule has 0 amide bonds. The number of carbonyl (C=O) groups excluding carboxylic acids is 1. The van der Waals surface area contributed by atoms with Gasteiger partial charge < -0.3 is 9.72 Å². The zero-order valence-corrected chi connectivity index (χ0v) is 9.59. The van der Waals surface area contributed by atoms with Gasteiger partial charge in [0.1, 0.15) is 18.3 Å². The fourth-order valence-corrected chi connectivity index (χ4v) is 1.48. The van der Waals surface area contributed by atoms with E-state index in [1.807, 2.05) is 30.3 Å². The number of esters is 1. The number of imidazole rings is 1. The van der Waals surface area contributed by atoms with Crippen LogP contribution >= 0.6 is 0 Å². The minimum atomic E-state index is -0.367. The van der Waals surface area contributed by atoms with Gasteiger partial charge in [0.15, 0.2) is 0 Å². The molecule has 1 aromatic heterocycles. The van der Waals surface area contributed by atoms with Gasteiger partial charge in [0.2, 0.25) is 0 Å². The van der Waals surface area contributed by atoms with Gasteiger partial charge in [-0.15, -0.1) is 0 Å². The zero-order valence-electron chi connectivity index (χ0n) is 9.59. The highest BCUT2D eigenvalue weighted by Crippen LogP contribution is 2.12. The Labute approximate surface area is 99.7 Å². The van der Waals surface area contributed by atoms with Crippen molar-refractivity contribution in [3.05, 3.63) is 54.1 Å². The van der Waals surface area contributed by atoms with Crippen LogP contribution in [0, 0.1) is 0 Å². The van der Waals surface area contributed by atoms with E-state index in [1.165, 1.54) is 0 Å². The molecule has 0 saturated heterocycles. The van der Waals surface area contributed by atoms with Crippen LogP contribution < -0.4 is 0 Å². The van der Waals surface area contributed by atoms with Crippen LogP contribution in [0.2, 0.25) is 0 Å². The topological polar surface area (TPSA) is 55.0 Å². The summed E-state index contributed by atoms with van der Waals surface area (Å²) in [5.41, 5.74) is 0.979. The van der Waals surface area contributed by atoms with Crippen LogP contribution in [0.4, 0.5) is 0 Å². The highest BCUT2D eigenvalue weighted by Gasteiger charge is 2.18. The van der Waals surface area contributed by atoms with E-state index in [9.17, 15) is 4.79 Å². The number of hydrogen-bond donors (Lipinski definition) is 1. The third-order valence-electron chi connectivity index (χ3n) is 2.51. The van der Waals surface area contributed by atoms with Crippen molar-refractivity contribution < 1.29 is 9.53 Å². The maximum Gasteiger partial charge on any atom is 0.316 e. The second-order valence-corrected chi connectivity index (χ2v) is 3.79. The number of nitrogens with one attached hydrogen (secondary N) is 1. The number of benzene rings is 1. The van der Waals surface area contributed by atoms with Gasteiger partial charge in [0.25, 0.3) is 0 Å². The molecule has 88 valence electrons. The first kappa shape index (κ1) is 11.4. The molecule has 1 atom stereocenters. The monoisotopic (exact) mass is 230 g/mol. The van der Waals surface area contributed by atoms with Crippen LogP contribution in [0.1, 0.15) is 24.2 Å². The van der Waals surface area contributed by atoms with Crippen molar-refractivity contribution in [2.45, 2.75) is 19.4 Å². The lowest BCUT2D eigenvalue weighted by molar-refractivity contribution is -0.146. The molecule has 0 saturated carbocycles. The predicted octanol–water partition coefficient (Wildman–Crippen LogP) is 2.26. The number of H-pyrrole nitrogens is 1. The molecule has 1 aromatic carbocycles. The molecule has 17 heavy (non-hydrogen) atoms. The second-order valence-electron chi connectivity index (χ2n) is 3.79. The third-order valence-corrected chi connectivity index (χ3v) is 2.51. The van der Waals surface area contributed by atoms with E-state index in [0.717, 1.165) is 5.56 Å². The summed E-state index contributed by atoms with van der Waals surface area (Å²) in [6, 6.07) is 9.60. The number of nitrogens with zero attached hydrogens (tertiary/aromatic N) is 1. The Morgan fingerprint density at radius 2 is 2.18 bits per heavy atom. The Morgan fingerprint density at radius 3 is 2.82 bits per heavy atom. The largest absolute Gasteiger partial charge is 0.460 e. The van der Waals surface area contributed by atoms with E-state index < -0.39 is 0 Å². The van der Waals surface area contributed by atoms with Crippen molar-refractivity contribution in [2.75, 3.05) is 0 Å². The minimum absolute atomic E-state index is 0.274. The quantitative estimate of drug-likeness (QED) is 0.819. The van der Waals surface area contributed by atoms with E-state index in [1.54, 1.807) is 19.3 Å². The molecule has 0 fully saturated rings. The second kappa shape index (κ2) is 5.30. The fourth-order valence-electron chi connectivity index (χ4n) is 1.48. The zero-order chi connectivity index (χ0) is 12.1. The van der Waals surface area contributed by atoms with E-state index in [0.29, 0.717) is 12.4 Å². The van der Waals surface area contributed by atoms with Gasteiger partial charge in [0.05, 0.1) is 0 Å². The molecule has 1 N–H and O–H groups in total. The normalized spacial score (nSPS) is 12.1. The maximum absolute atomic E-state index is 11.7. The molecule has 4 heteroatoms. The first-order chi connectivity index (χ1) is 8.27. The molecule has 1 heterocycles. The molecule has 1 unspecified atom stereocenters. The molecular formula is C13H14N2O2. The lowest BCUT2D eigenvalue weighted by Gasteiger charge is -2.09. The highest BCUT2D eigenvalue weighted by molar-refractivity contribution is 5.76. The number of aromatic amines is 1. The van der Waals surface area contributed by atoms with E-state index in [-0.39, 0.29) is 11.9 Å². The lowest BCUT2D eigenvalue weighted by Crippen LogP contribution is -2.14. The molecule has 0 bridgehead atoms. The molecule has 0 radical (unpaired) electrons. The van der Waals surface area contributed by atoms with E-state index in [2.05, 4.69) is 9.97 Å². The Kier molecular flexibility index (Phi) is 3.55. The van der Waals surface area contributed by atoms with Crippen LogP contribution in [0.5, 0.6) is 0 Å². The van der Waals surface area contributed by atoms with Crippen LogP contribution in [0.15, 0.2) is 42.7 Å². The standard InChI is InChI=1S/C13H14N2O2/c1-10(12-14-7-8-15-12)13(16)17-9-11-5-3-2-4-6-11/h2-8,10H,9H2,1H3,(H,14,15). The maximum atomic E-state index is 11.7. The van der Waals surface area contributed by atoms with Crippen molar-refractivity contribution in [3.63, 3.8) is 0 Å². The summed E-state index contributed by atoms with van der Waals surface area (Å²) in [6.45, 7) is 2.07. The summed E-state index contributed by atoms with van der Waals surface area (Å²) in [7, 11) is 0. The Balaban J connectivity index is 1.90. The van der Waals surface area contributed by atoms with Crippen LogP contribution in [0.25, 0.3) is 0 Å². The van der Waals surface area contributed by atoms with Gasteiger partial charge >= 0.3 is 5.97 Å². The summed E-state index contributed by atoms with van der Waals surface area (Å²) >= 11 is 0. The van der Waals surface area contributed by atoms with Gasteiger partial charge in [-0.2, -0.15) is 0 Å². The summed E-state index contributed by atoms with van der Waals surface area (Å²) in [5.74, 6) is -0.0134. The summed E-state index contributed by atoms with van der Waals surface area (Å²) in [6.07, 6.45) is 3.31. The minimum Gasteiger partial charge on any atom is -0.460 e. The van der Waals surface area contributed by atoms with Crippen molar-refractivity contribution in [3.8, 4) is 0 Å². The molecule has 0 aliphatic carbocycles. The molecule has 0 aliphatic heterocycles. The number of carbonyl (C=O) groups is 1. The van der Waals surface area contributed by atoms with Gasteiger partial charge in [-0.3, -0.25) is 4.79 Å². The summed E-state index contributed by atoms with van der Waals surface area (Å²) < 4.78 is 5.21. The third kappa shape index (κ3) is 2.93. The van der Waals surface area contributed by atoms with E-state index >= 15 is 0 Å². The van der Waals surface area contributed by atoms with Crippen molar-refractivity contribution in [1.29, 1.82) is 0 Å². The fraction of sp³-hybridized carbons (Fsp3) is 0.231. The van der Waals surface area contributed by atoms with Gasteiger partial charge in [-0.1, -0.05) is 30.3 Å². The van der Waals surface area contributed by atoms with Gasteiger partial charge in [-0.25, -0.2) is 4.98 Å². The molecule has 0 spiro atoms. The molecule has 4 nitrogen and oxygen atoms in total. The van der Waals surface area contributed by atoms with Crippen molar-refractivity contribution in [1.82, 2.24) is 9.97 Å². The smallest absolute Gasteiger partial charge is 0.316 e. The predicted molar refractivity (Wildman–Crippen MR) is 63.2 cm³/mol. The number of rotatable bonds is 4. The number of ether oxygens (including phenoxy) is 1. The van der Waals surface area contributed by atoms with Crippen LogP contribution in [-0.4, -0.2) is 15.9 Å². The number of aromatic nitrogens is 2. The van der Waals surface area contributed by atoms with E-state index in [4.69, 9.17) is 4.74 Å². The van der Waals surface area contributed by atoms with Gasteiger partial charge in [0, 0.05) is 12.4 Å². The first-order valence-corrected chi connectivity index (χ1v) is 5.47. The average Bonchev–Trinajstić information content (AvgIpc) is 2.90. The Morgan fingerprint density at radius 1 is 1.41 bits per heavy atom. The van der Waals surface area contributed by atoms with Gasteiger partial charge in [-0.05, 0) is 12.5 Å². The lowest BCUT2D eigenvalue weighted by atomic mass is 10.2. The molecule has 0 aliphatic rings. The average molecular weight is 230 g/mol. The van der Waals surface area contributed by atoms with Crippen LogP contribution in [0.3, 0.4) is 0 Å². The summed E-state index contributed by atoms with van der Waals surface area (Å²) in [5, 5.41) is 0. The Hall–Kier alpha value is -2.10.